The van der Waals surface area contributed by atoms with Crippen LogP contribution in [0.3, 0.4) is 0 Å². The van der Waals surface area contributed by atoms with E-state index in [1.807, 2.05) is 12.1 Å². The second kappa shape index (κ2) is 15.7. The SMILES string of the molecule is CCC1C(c2cccc3oc4ccccc4c23)=NC(c2cc3oc4ccccc4c3cc2-n2c3cc4ccccc4cc3c3cc4ccccc4cc32)=NC1c1cccc2c1c1ccccc1n2-c1ccccc1. The smallest absolute Gasteiger partial charge is 0.157 e. The fourth-order valence-electron chi connectivity index (χ4n) is 12.6. The van der Waals surface area contributed by atoms with Crippen LogP contribution in [0.15, 0.2) is 243 Å². The molecule has 4 aromatic heterocycles. The highest BCUT2D eigenvalue weighted by atomic mass is 16.3. The van der Waals surface area contributed by atoms with E-state index in [9.17, 15) is 0 Å². The maximum Gasteiger partial charge on any atom is 0.157 e. The van der Waals surface area contributed by atoms with E-state index in [1.54, 1.807) is 0 Å². The Labute approximate surface area is 424 Å². The van der Waals surface area contributed by atoms with E-state index in [2.05, 4.69) is 228 Å². The zero-order chi connectivity index (χ0) is 48.6. The molecule has 2 unspecified atom stereocenters. The van der Waals surface area contributed by atoms with Crippen LogP contribution in [0.2, 0.25) is 0 Å². The molecule has 11 aromatic carbocycles. The molecule has 5 heterocycles. The van der Waals surface area contributed by atoms with Crippen molar-refractivity contribution in [2.75, 3.05) is 0 Å². The molecule has 74 heavy (non-hydrogen) atoms. The second-order valence-electron chi connectivity index (χ2n) is 19.8. The number of aliphatic imine (C=N–C) groups is 2. The number of hydrogen-bond acceptors (Lipinski definition) is 4. The van der Waals surface area contributed by atoms with Gasteiger partial charge in [-0.3, -0.25) is 4.99 Å². The standard InChI is InChI=1S/C68H44N4O2/c1-2-45-66(49-27-16-30-56-64(49)47-25-10-13-29-55(47)71(56)44-22-4-3-5-23-44)69-68(70-67(45)50-28-17-33-62-65(50)48-26-12-15-32-61(48)73-62)54-39-63-53(46-24-11-14-31-60(46)74-63)38-59(54)72-57-36-42-20-8-6-18-40(42)34-51(57)52-35-41-19-7-9-21-43(41)37-58(52)72/h3-39,45,66H,2H2,1H3. The molecule has 0 spiro atoms. The summed E-state index contributed by atoms with van der Waals surface area (Å²) in [5, 5.41) is 13.7. The molecule has 0 saturated heterocycles. The first-order valence-corrected chi connectivity index (χ1v) is 25.6. The highest BCUT2D eigenvalue weighted by Crippen LogP contribution is 2.47. The van der Waals surface area contributed by atoms with E-state index >= 15 is 0 Å². The highest BCUT2D eigenvalue weighted by molar-refractivity contribution is 6.25. The van der Waals surface area contributed by atoms with Crippen molar-refractivity contribution in [2.24, 2.45) is 15.9 Å². The quantitative estimate of drug-likeness (QED) is 0.167. The van der Waals surface area contributed by atoms with Crippen LogP contribution in [-0.4, -0.2) is 20.7 Å². The molecule has 0 saturated carbocycles. The van der Waals surface area contributed by atoms with Crippen LogP contribution in [0, 0.1) is 5.92 Å². The average Bonchev–Trinajstić information content (AvgIpc) is 4.23. The number of amidine groups is 1. The first kappa shape index (κ1) is 41.1. The predicted molar refractivity (Wildman–Crippen MR) is 307 cm³/mol. The van der Waals surface area contributed by atoms with Crippen LogP contribution >= 0.6 is 0 Å². The van der Waals surface area contributed by atoms with Gasteiger partial charge in [0, 0.05) is 65.8 Å². The number of rotatable bonds is 6. The summed E-state index contributed by atoms with van der Waals surface area (Å²) < 4.78 is 18.3. The van der Waals surface area contributed by atoms with Crippen molar-refractivity contribution >= 4 is 121 Å². The van der Waals surface area contributed by atoms with Gasteiger partial charge >= 0.3 is 0 Å². The monoisotopic (exact) mass is 948 g/mol. The van der Waals surface area contributed by atoms with Crippen molar-refractivity contribution in [1.82, 2.24) is 9.13 Å². The number of para-hydroxylation sites is 4. The van der Waals surface area contributed by atoms with Gasteiger partial charge in [0.05, 0.1) is 39.5 Å². The van der Waals surface area contributed by atoms with Crippen LogP contribution in [0.5, 0.6) is 0 Å². The molecule has 0 N–H and O–H groups in total. The molecule has 6 nitrogen and oxygen atoms in total. The van der Waals surface area contributed by atoms with Gasteiger partial charge in [-0.15, -0.1) is 0 Å². The normalized spacial score (nSPS) is 15.3. The largest absolute Gasteiger partial charge is 0.456 e. The molecule has 348 valence electrons. The minimum atomic E-state index is -0.333. The van der Waals surface area contributed by atoms with E-state index in [0.717, 1.165) is 106 Å². The predicted octanol–water partition coefficient (Wildman–Crippen LogP) is 18.0. The third kappa shape index (κ3) is 5.93. The third-order valence-corrected chi connectivity index (χ3v) is 15.9. The average molecular weight is 949 g/mol. The number of nitrogens with zero attached hydrogens (tertiary/aromatic N) is 4. The zero-order valence-electron chi connectivity index (χ0n) is 40.3. The molecule has 1 aliphatic rings. The molecule has 16 rings (SSSR count). The Balaban J connectivity index is 1.05. The van der Waals surface area contributed by atoms with Gasteiger partial charge in [-0.25, -0.2) is 4.99 Å². The topological polar surface area (TPSA) is 60.9 Å². The molecule has 0 fully saturated rings. The number of benzene rings is 11. The van der Waals surface area contributed by atoms with E-state index in [0.29, 0.717) is 5.84 Å². The third-order valence-electron chi connectivity index (χ3n) is 15.9. The van der Waals surface area contributed by atoms with Crippen LogP contribution in [0.1, 0.15) is 36.1 Å². The fraction of sp³-hybridized carbons (Fsp3) is 0.0588. The van der Waals surface area contributed by atoms with E-state index < -0.39 is 0 Å². The molecular formula is C68H44N4O2. The van der Waals surface area contributed by atoms with Crippen LogP contribution < -0.4 is 0 Å². The summed E-state index contributed by atoms with van der Waals surface area (Å²) in [6.07, 6.45) is 0.794. The summed E-state index contributed by atoms with van der Waals surface area (Å²) in [6, 6.07) is 80.5. The first-order chi connectivity index (χ1) is 36.6. The van der Waals surface area contributed by atoms with Crippen molar-refractivity contribution < 1.29 is 8.83 Å². The molecule has 0 bridgehead atoms. The summed E-state index contributed by atoms with van der Waals surface area (Å²) in [6.45, 7) is 2.29. The van der Waals surface area contributed by atoms with Gasteiger partial charge in [0.2, 0.25) is 0 Å². The maximum absolute atomic E-state index is 6.83. The summed E-state index contributed by atoms with van der Waals surface area (Å²) in [5.41, 5.74) is 14.0. The molecule has 6 heteroatoms. The Bertz CT molecular complexity index is 4820. The van der Waals surface area contributed by atoms with Gasteiger partial charge < -0.3 is 18.0 Å². The van der Waals surface area contributed by atoms with Crippen molar-refractivity contribution in [3.63, 3.8) is 0 Å². The van der Waals surface area contributed by atoms with Crippen LogP contribution in [-0.2, 0) is 0 Å². The molecule has 2 atom stereocenters. The Morgan fingerprint density at radius 3 is 1.72 bits per heavy atom. The minimum absolute atomic E-state index is 0.105. The van der Waals surface area contributed by atoms with Crippen molar-refractivity contribution in [2.45, 2.75) is 19.4 Å². The molecule has 15 aromatic rings. The van der Waals surface area contributed by atoms with Gasteiger partial charge in [0.1, 0.15) is 22.3 Å². The molecular weight excluding hydrogens is 905 g/mol. The van der Waals surface area contributed by atoms with E-state index in [1.165, 1.54) is 43.1 Å². The Morgan fingerprint density at radius 2 is 0.986 bits per heavy atom. The van der Waals surface area contributed by atoms with Crippen molar-refractivity contribution in [1.29, 1.82) is 0 Å². The van der Waals surface area contributed by atoms with Gasteiger partial charge in [0.25, 0.3) is 0 Å². The number of aromatic nitrogens is 2. The first-order valence-electron chi connectivity index (χ1n) is 25.6. The molecule has 1 aliphatic heterocycles. The summed E-state index contributed by atoms with van der Waals surface area (Å²) >= 11 is 0. The Morgan fingerprint density at radius 1 is 0.405 bits per heavy atom. The lowest BCUT2D eigenvalue weighted by molar-refractivity contribution is 0.536. The number of furan rings is 2. The molecule has 0 amide bonds. The maximum atomic E-state index is 6.83. The van der Waals surface area contributed by atoms with Gasteiger partial charge in [0.15, 0.2) is 5.84 Å². The van der Waals surface area contributed by atoms with E-state index in [4.69, 9.17) is 18.8 Å². The summed E-state index contributed by atoms with van der Waals surface area (Å²) in [7, 11) is 0. The van der Waals surface area contributed by atoms with Crippen LogP contribution in [0.25, 0.3) is 120 Å². The van der Waals surface area contributed by atoms with Crippen molar-refractivity contribution in [3.8, 4) is 11.4 Å². The van der Waals surface area contributed by atoms with Gasteiger partial charge in [-0.1, -0.05) is 153 Å². The summed E-state index contributed by atoms with van der Waals surface area (Å²) in [5.74, 6) is 0.545. The zero-order valence-corrected chi connectivity index (χ0v) is 40.3. The molecule has 0 radical (unpaired) electrons. The van der Waals surface area contributed by atoms with Crippen LogP contribution in [0.4, 0.5) is 0 Å². The minimum Gasteiger partial charge on any atom is -0.456 e. The molecule has 0 aliphatic carbocycles. The second-order valence-corrected chi connectivity index (χ2v) is 19.8. The highest BCUT2D eigenvalue weighted by Gasteiger charge is 2.36. The fourth-order valence-corrected chi connectivity index (χ4v) is 12.6. The number of fused-ring (bicyclic) bond motifs is 14. The van der Waals surface area contributed by atoms with Gasteiger partial charge in [-0.05, 0) is 112 Å². The lowest BCUT2D eigenvalue weighted by Gasteiger charge is -2.31. The number of hydrogen-bond donors (Lipinski definition) is 0. The Hall–Kier alpha value is -9.52. The van der Waals surface area contributed by atoms with Crippen molar-refractivity contribution in [3.05, 3.63) is 241 Å². The lowest BCUT2D eigenvalue weighted by Crippen LogP contribution is -2.28. The Kier molecular flexibility index (Phi) is 8.75. The van der Waals surface area contributed by atoms with Gasteiger partial charge in [-0.2, -0.15) is 0 Å². The summed E-state index contributed by atoms with van der Waals surface area (Å²) in [4.78, 5) is 12.0. The van der Waals surface area contributed by atoms with E-state index in [-0.39, 0.29) is 12.0 Å². The lowest BCUT2D eigenvalue weighted by atomic mass is 9.81.